The number of hydrogen-bond donors (Lipinski definition) is 1. The molecule has 0 saturated heterocycles. The van der Waals surface area contributed by atoms with E-state index < -0.39 is 0 Å². The van der Waals surface area contributed by atoms with Crippen molar-refractivity contribution in [3.8, 4) is 0 Å². The van der Waals surface area contributed by atoms with Crippen LogP contribution in [0.4, 0.5) is 0 Å². The molecule has 3 nitrogen and oxygen atoms in total. The SMILES string of the molecule is CC(=O)CCCCCCNC(=O)C(C)C. The second kappa shape index (κ2) is 8.45. The Labute approximate surface area is 92.6 Å². The molecule has 1 N–H and O–H groups in total. The number of ketones is 1. The third-order valence-corrected chi connectivity index (χ3v) is 2.28. The van der Waals surface area contributed by atoms with E-state index >= 15 is 0 Å². The molecular weight excluding hydrogens is 190 g/mol. The Kier molecular flexibility index (Phi) is 7.96. The first-order valence-corrected chi connectivity index (χ1v) is 5.81. The highest BCUT2D eigenvalue weighted by Gasteiger charge is 2.04. The highest BCUT2D eigenvalue weighted by atomic mass is 16.1. The number of hydrogen-bond acceptors (Lipinski definition) is 2. The Bertz CT molecular complexity index is 200. The molecule has 0 aromatic rings. The topological polar surface area (TPSA) is 46.2 Å². The van der Waals surface area contributed by atoms with Crippen LogP contribution < -0.4 is 5.32 Å². The number of unbranched alkanes of at least 4 members (excludes halogenated alkanes) is 3. The van der Waals surface area contributed by atoms with Gasteiger partial charge in [0, 0.05) is 18.9 Å². The molecule has 0 aromatic carbocycles. The largest absolute Gasteiger partial charge is 0.356 e. The number of amides is 1. The maximum atomic E-state index is 11.2. The van der Waals surface area contributed by atoms with Gasteiger partial charge >= 0.3 is 0 Å². The minimum atomic E-state index is 0.0720. The first-order chi connectivity index (χ1) is 7.04. The van der Waals surface area contributed by atoms with Gasteiger partial charge in [-0.05, 0) is 19.8 Å². The van der Waals surface area contributed by atoms with Crippen LogP contribution >= 0.6 is 0 Å². The van der Waals surface area contributed by atoms with Crippen LogP contribution in [0.1, 0.15) is 52.9 Å². The molecule has 3 heteroatoms. The van der Waals surface area contributed by atoms with Gasteiger partial charge in [0.25, 0.3) is 0 Å². The second-order valence-electron chi connectivity index (χ2n) is 4.31. The highest BCUT2D eigenvalue weighted by Crippen LogP contribution is 2.02. The first kappa shape index (κ1) is 14.1. The zero-order valence-electron chi connectivity index (χ0n) is 10.1. The van der Waals surface area contributed by atoms with Crippen molar-refractivity contribution in [1.82, 2.24) is 5.32 Å². The van der Waals surface area contributed by atoms with Gasteiger partial charge in [0.2, 0.25) is 5.91 Å². The summed E-state index contributed by atoms with van der Waals surface area (Å²) in [6.07, 6.45) is 4.85. The van der Waals surface area contributed by atoms with Crippen molar-refractivity contribution in [3.05, 3.63) is 0 Å². The van der Waals surface area contributed by atoms with Gasteiger partial charge in [-0.3, -0.25) is 4.79 Å². The van der Waals surface area contributed by atoms with Crippen LogP contribution in [0.3, 0.4) is 0 Å². The summed E-state index contributed by atoms with van der Waals surface area (Å²) in [5.74, 6) is 0.463. The van der Waals surface area contributed by atoms with Crippen molar-refractivity contribution in [2.24, 2.45) is 5.92 Å². The van der Waals surface area contributed by atoms with Crippen molar-refractivity contribution in [1.29, 1.82) is 0 Å². The Balaban J connectivity index is 3.18. The zero-order chi connectivity index (χ0) is 11.7. The summed E-state index contributed by atoms with van der Waals surface area (Å²) in [4.78, 5) is 21.8. The van der Waals surface area contributed by atoms with Gasteiger partial charge in [-0.15, -0.1) is 0 Å². The molecule has 0 spiro atoms. The second-order valence-corrected chi connectivity index (χ2v) is 4.31. The van der Waals surface area contributed by atoms with Crippen LogP contribution in [0.2, 0.25) is 0 Å². The fourth-order valence-corrected chi connectivity index (χ4v) is 1.27. The van der Waals surface area contributed by atoms with Crippen LogP contribution in [0.15, 0.2) is 0 Å². The molecular formula is C12H23NO2. The normalized spacial score (nSPS) is 10.4. The molecule has 0 aliphatic heterocycles. The summed E-state index contributed by atoms with van der Waals surface area (Å²) in [6.45, 7) is 6.17. The minimum Gasteiger partial charge on any atom is -0.356 e. The molecule has 0 saturated carbocycles. The standard InChI is InChI=1S/C12H23NO2/c1-10(2)12(15)13-9-7-5-4-6-8-11(3)14/h10H,4-9H2,1-3H3,(H,13,15). The van der Waals surface area contributed by atoms with E-state index in [0.717, 1.165) is 32.2 Å². The Morgan fingerprint density at radius 1 is 1.07 bits per heavy atom. The lowest BCUT2D eigenvalue weighted by Crippen LogP contribution is -2.28. The van der Waals surface area contributed by atoms with Gasteiger partial charge in [-0.2, -0.15) is 0 Å². The molecule has 0 atom stereocenters. The smallest absolute Gasteiger partial charge is 0.222 e. The van der Waals surface area contributed by atoms with Gasteiger partial charge in [-0.1, -0.05) is 26.7 Å². The summed E-state index contributed by atoms with van der Waals surface area (Å²) >= 11 is 0. The van der Waals surface area contributed by atoms with Gasteiger partial charge in [0.05, 0.1) is 0 Å². The van der Waals surface area contributed by atoms with E-state index in [0.29, 0.717) is 6.42 Å². The molecule has 0 aliphatic rings. The van der Waals surface area contributed by atoms with Crippen molar-refractivity contribution >= 4 is 11.7 Å². The van der Waals surface area contributed by atoms with E-state index in [1.807, 2.05) is 13.8 Å². The number of nitrogens with one attached hydrogen (secondary N) is 1. The Morgan fingerprint density at radius 2 is 1.67 bits per heavy atom. The van der Waals surface area contributed by atoms with Gasteiger partial charge < -0.3 is 10.1 Å². The lowest BCUT2D eigenvalue weighted by molar-refractivity contribution is -0.124. The van der Waals surface area contributed by atoms with E-state index in [9.17, 15) is 9.59 Å². The fraction of sp³-hybridized carbons (Fsp3) is 0.833. The van der Waals surface area contributed by atoms with E-state index in [1.54, 1.807) is 6.92 Å². The summed E-state index contributed by atoms with van der Waals surface area (Å²) in [7, 11) is 0. The highest BCUT2D eigenvalue weighted by molar-refractivity contribution is 5.77. The first-order valence-electron chi connectivity index (χ1n) is 5.81. The minimum absolute atomic E-state index is 0.0720. The van der Waals surface area contributed by atoms with Gasteiger partial charge in [-0.25, -0.2) is 0 Å². The van der Waals surface area contributed by atoms with E-state index in [2.05, 4.69) is 5.32 Å². The average molecular weight is 213 g/mol. The average Bonchev–Trinajstić information content (AvgIpc) is 2.15. The van der Waals surface area contributed by atoms with E-state index in [4.69, 9.17) is 0 Å². The summed E-state index contributed by atoms with van der Waals surface area (Å²) in [5.41, 5.74) is 0. The van der Waals surface area contributed by atoms with Gasteiger partial charge in [0.1, 0.15) is 5.78 Å². The molecule has 0 rings (SSSR count). The van der Waals surface area contributed by atoms with Crippen LogP contribution in [-0.4, -0.2) is 18.2 Å². The van der Waals surface area contributed by atoms with E-state index in [1.165, 1.54) is 0 Å². The summed E-state index contributed by atoms with van der Waals surface area (Å²) < 4.78 is 0. The van der Waals surface area contributed by atoms with Crippen LogP contribution in [0.25, 0.3) is 0 Å². The predicted octanol–water partition coefficient (Wildman–Crippen LogP) is 2.30. The number of carbonyl (C=O) groups is 2. The monoisotopic (exact) mass is 213 g/mol. The molecule has 0 bridgehead atoms. The Morgan fingerprint density at radius 3 is 2.20 bits per heavy atom. The van der Waals surface area contributed by atoms with Crippen LogP contribution in [0.5, 0.6) is 0 Å². The van der Waals surface area contributed by atoms with Gasteiger partial charge in [0.15, 0.2) is 0 Å². The third kappa shape index (κ3) is 9.44. The maximum absolute atomic E-state index is 11.2. The quantitative estimate of drug-likeness (QED) is 0.629. The molecule has 15 heavy (non-hydrogen) atoms. The van der Waals surface area contributed by atoms with Crippen molar-refractivity contribution < 1.29 is 9.59 Å². The van der Waals surface area contributed by atoms with Crippen LogP contribution in [-0.2, 0) is 9.59 Å². The number of carbonyl (C=O) groups excluding carboxylic acids is 2. The molecule has 1 amide bonds. The predicted molar refractivity (Wildman–Crippen MR) is 61.6 cm³/mol. The Hall–Kier alpha value is -0.860. The lowest BCUT2D eigenvalue weighted by Gasteiger charge is -2.06. The number of Topliss-reactive ketones (excluding diaryl/α,β-unsaturated/α-hetero) is 1. The van der Waals surface area contributed by atoms with Crippen molar-refractivity contribution in [3.63, 3.8) is 0 Å². The summed E-state index contributed by atoms with van der Waals surface area (Å²) in [5, 5.41) is 2.88. The molecule has 0 fully saturated rings. The molecule has 0 unspecified atom stereocenters. The molecule has 0 aromatic heterocycles. The third-order valence-electron chi connectivity index (χ3n) is 2.28. The van der Waals surface area contributed by atoms with Crippen LogP contribution in [0, 0.1) is 5.92 Å². The number of rotatable bonds is 8. The summed E-state index contributed by atoms with van der Waals surface area (Å²) in [6, 6.07) is 0. The van der Waals surface area contributed by atoms with E-state index in [-0.39, 0.29) is 17.6 Å². The molecule has 0 heterocycles. The molecule has 88 valence electrons. The molecule has 0 aliphatic carbocycles. The molecule has 0 radical (unpaired) electrons. The zero-order valence-corrected chi connectivity index (χ0v) is 10.1. The lowest BCUT2D eigenvalue weighted by atomic mass is 10.1. The van der Waals surface area contributed by atoms with Crippen molar-refractivity contribution in [2.75, 3.05) is 6.54 Å². The fourth-order valence-electron chi connectivity index (χ4n) is 1.27. The van der Waals surface area contributed by atoms with Crippen molar-refractivity contribution in [2.45, 2.75) is 52.9 Å². The maximum Gasteiger partial charge on any atom is 0.222 e.